The molecule has 4 rings (SSSR count). The van der Waals surface area contributed by atoms with E-state index < -0.39 is 0 Å². The first-order valence-electron chi connectivity index (χ1n) is 7.35. The summed E-state index contributed by atoms with van der Waals surface area (Å²) in [4.78, 5) is 7.26. The van der Waals surface area contributed by atoms with Crippen molar-refractivity contribution in [3.8, 4) is 0 Å². The summed E-state index contributed by atoms with van der Waals surface area (Å²) in [6.45, 7) is 4.64. The molecule has 4 heteroatoms. The third kappa shape index (κ3) is 2.15. The van der Waals surface area contributed by atoms with Crippen molar-refractivity contribution in [3.05, 3.63) is 35.9 Å². The minimum absolute atomic E-state index is 0.419. The third-order valence-corrected chi connectivity index (χ3v) is 4.17. The maximum atomic E-state index is 5.54. The maximum absolute atomic E-state index is 5.54. The maximum Gasteiger partial charge on any atom is 0.132 e. The molecule has 0 aliphatic carbocycles. The van der Waals surface area contributed by atoms with Crippen molar-refractivity contribution >= 4 is 16.7 Å². The lowest BCUT2D eigenvalue weighted by molar-refractivity contribution is 0.0789. The molecule has 0 radical (unpaired) electrons. The SMILES string of the molecule is c1ccc2nc3c(cc2c1)CCN3CC1COCCN1. The van der Waals surface area contributed by atoms with E-state index in [0.29, 0.717) is 6.04 Å². The lowest BCUT2D eigenvalue weighted by Gasteiger charge is -2.29. The van der Waals surface area contributed by atoms with Gasteiger partial charge in [0.25, 0.3) is 0 Å². The molecule has 1 N–H and O–H groups in total. The number of hydrogen-bond donors (Lipinski definition) is 1. The summed E-state index contributed by atoms with van der Waals surface area (Å²) < 4.78 is 5.54. The Morgan fingerprint density at radius 2 is 2.30 bits per heavy atom. The van der Waals surface area contributed by atoms with Crippen LogP contribution in [-0.4, -0.2) is 43.9 Å². The van der Waals surface area contributed by atoms with Gasteiger partial charge in [0.1, 0.15) is 5.82 Å². The number of ether oxygens (including phenoxy) is 1. The van der Waals surface area contributed by atoms with E-state index in [0.717, 1.165) is 50.6 Å². The van der Waals surface area contributed by atoms with E-state index >= 15 is 0 Å². The minimum atomic E-state index is 0.419. The molecule has 2 aromatic rings. The van der Waals surface area contributed by atoms with E-state index in [1.54, 1.807) is 0 Å². The lowest BCUT2D eigenvalue weighted by Crippen LogP contribution is -2.48. The number of hydrogen-bond acceptors (Lipinski definition) is 4. The Morgan fingerprint density at radius 1 is 1.35 bits per heavy atom. The van der Waals surface area contributed by atoms with Gasteiger partial charge in [-0.05, 0) is 24.1 Å². The zero-order valence-electron chi connectivity index (χ0n) is 11.5. The average molecular weight is 269 g/mol. The van der Waals surface area contributed by atoms with Gasteiger partial charge in [0.05, 0.1) is 18.7 Å². The van der Waals surface area contributed by atoms with Gasteiger partial charge in [-0.2, -0.15) is 0 Å². The third-order valence-electron chi connectivity index (χ3n) is 4.17. The summed E-state index contributed by atoms with van der Waals surface area (Å²) in [6, 6.07) is 11.1. The van der Waals surface area contributed by atoms with Gasteiger partial charge in [-0.1, -0.05) is 18.2 Å². The Hall–Kier alpha value is -1.65. The number of nitrogens with one attached hydrogen (secondary N) is 1. The van der Waals surface area contributed by atoms with E-state index in [4.69, 9.17) is 9.72 Å². The monoisotopic (exact) mass is 269 g/mol. The van der Waals surface area contributed by atoms with Crippen LogP contribution in [0.1, 0.15) is 5.56 Å². The molecule has 104 valence electrons. The Kier molecular flexibility index (Phi) is 3.05. The van der Waals surface area contributed by atoms with Crippen LogP contribution < -0.4 is 10.2 Å². The van der Waals surface area contributed by atoms with Crippen LogP contribution in [0.2, 0.25) is 0 Å². The number of anilines is 1. The van der Waals surface area contributed by atoms with E-state index in [9.17, 15) is 0 Å². The van der Waals surface area contributed by atoms with Gasteiger partial charge >= 0.3 is 0 Å². The Labute approximate surface area is 118 Å². The predicted octanol–water partition coefficient (Wildman–Crippen LogP) is 1.59. The second kappa shape index (κ2) is 5.04. The molecule has 1 aromatic carbocycles. The summed E-state index contributed by atoms with van der Waals surface area (Å²) in [6.07, 6.45) is 1.10. The van der Waals surface area contributed by atoms with Crippen molar-refractivity contribution in [3.63, 3.8) is 0 Å². The fourth-order valence-electron chi connectivity index (χ4n) is 3.15. The molecular formula is C16H19N3O. The number of morpholine rings is 1. The first-order chi connectivity index (χ1) is 9.90. The van der Waals surface area contributed by atoms with Gasteiger partial charge in [-0.15, -0.1) is 0 Å². The molecule has 0 bridgehead atoms. The number of rotatable bonds is 2. The quantitative estimate of drug-likeness (QED) is 0.898. The van der Waals surface area contributed by atoms with Crippen LogP contribution in [0.15, 0.2) is 30.3 Å². The van der Waals surface area contributed by atoms with Crippen LogP contribution in [0.3, 0.4) is 0 Å². The molecule has 1 saturated heterocycles. The molecule has 3 heterocycles. The van der Waals surface area contributed by atoms with Gasteiger partial charge < -0.3 is 15.0 Å². The Morgan fingerprint density at radius 3 is 3.20 bits per heavy atom. The van der Waals surface area contributed by atoms with Crippen LogP contribution in [-0.2, 0) is 11.2 Å². The van der Waals surface area contributed by atoms with Gasteiger partial charge in [0, 0.05) is 31.1 Å². The van der Waals surface area contributed by atoms with E-state index in [1.165, 1.54) is 10.9 Å². The van der Waals surface area contributed by atoms with Crippen molar-refractivity contribution in [2.24, 2.45) is 0 Å². The van der Waals surface area contributed by atoms with Crippen molar-refractivity contribution in [2.75, 3.05) is 37.7 Å². The molecule has 1 fully saturated rings. The van der Waals surface area contributed by atoms with Crippen molar-refractivity contribution < 1.29 is 4.74 Å². The van der Waals surface area contributed by atoms with Crippen molar-refractivity contribution in [2.45, 2.75) is 12.5 Å². The molecule has 4 nitrogen and oxygen atoms in total. The molecule has 0 saturated carbocycles. The van der Waals surface area contributed by atoms with Crippen LogP contribution in [0.4, 0.5) is 5.82 Å². The Bertz CT molecular complexity index is 622. The van der Waals surface area contributed by atoms with Crippen molar-refractivity contribution in [1.82, 2.24) is 10.3 Å². The van der Waals surface area contributed by atoms with Crippen LogP contribution in [0.25, 0.3) is 10.9 Å². The molecule has 1 atom stereocenters. The number of benzene rings is 1. The van der Waals surface area contributed by atoms with E-state index in [1.807, 2.05) is 0 Å². The normalized spacial score (nSPS) is 22.2. The fourth-order valence-corrected chi connectivity index (χ4v) is 3.15. The first-order valence-corrected chi connectivity index (χ1v) is 7.35. The number of aromatic nitrogens is 1. The number of para-hydroxylation sites is 1. The minimum Gasteiger partial charge on any atom is -0.378 e. The number of fused-ring (bicyclic) bond motifs is 2. The van der Waals surface area contributed by atoms with Crippen molar-refractivity contribution in [1.29, 1.82) is 0 Å². The van der Waals surface area contributed by atoms with E-state index in [2.05, 4.69) is 40.5 Å². The van der Waals surface area contributed by atoms with Gasteiger partial charge in [0.2, 0.25) is 0 Å². The lowest BCUT2D eigenvalue weighted by atomic mass is 10.1. The zero-order valence-corrected chi connectivity index (χ0v) is 11.5. The highest BCUT2D eigenvalue weighted by molar-refractivity contribution is 5.82. The van der Waals surface area contributed by atoms with E-state index in [-0.39, 0.29) is 0 Å². The molecule has 0 amide bonds. The first kappa shape index (κ1) is 12.1. The number of nitrogens with zero attached hydrogens (tertiary/aromatic N) is 2. The summed E-state index contributed by atoms with van der Waals surface area (Å²) >= 11 is 0. The van der Waals surface area contributed by atoms with Gasteiger partial charge in [-0.25, -0.2) is 4.98 Å². The highest BCUT2D eigenvalue weighted by Gasteiger charge is 2.24. The highest BCUT2D eigenvalue weighted by atomic mass is 16.5. The van der Waals surface area contributed by atoms with Crippen LogP contribution in [0.5, 0.6) is 0 Å². The standard InChI is InChI=1S/C16H19N3O/c1-2-4-15-12(3-1)9-13-5-7-19(16(13)18-15)10-14-11-20-8-6-17-14/h1-4,9,14,17H,5-8,10-11H2. The molecule has 1 unspecified atom stereocenters. The largest absolute Gasteiger partial charge is 0.378 e. The summed E-state index contributed by atoms with van der Waals surface area (Å²) in [7, 11) is 0. The fraction of sp³-hybridized carbons (Fsp3) is 0.438. The summed E-state index contributed by atoms with van der Waals surface area (Å²) in [5.74, 6) is 1.16. The topological polar surface area (TPSA) is 37.4 Å². The number of pyridine rings is 1. The summed E-state index contributed by atoms with van der Waals surface area (Å²) in [5.41, 5.74) is 2.46. The molecule has 0 spiro atoms. The average Bonchev–Trinajstić information content (AvgIpc) is 2.88. The predicted molar refractivity (Wildman–Crippen MR) is 80.3 cm³/mol. The van der Waals surface area contributed by atoms with Gasteiger partial charge in [-0.3, -0.25) is 0 Å². The summed E-state index contributed by atoms with van der Waals surface area (Å²) in [5, 5.41) is 4.76. The molecule has 20 heavy (non-hydrogen) atoms. The van der Waals surface area contributed by atoms with Crippen LogP contribution >= 0.6 is 0 Å². The second-order valence-corrected chi connectivity index (χ2v) is 5.59. The molecule has 1 aromatic heterocycles. The highest BCUT2D eigenvalue weighted by Crippen LogP contribution is 2.29. The molecule has 2 aliphatic heterocycles. The zero-order chi connectivity index (χ0) is 13.4. The second-order valence-electron chi connectivity index (χ2n) is 5.59. The van der Waals surface area contributed by atoms with Crippen LogP contribution in [0, 0.1) is 0 Å². The molecular weight excluding hydrogens is 250 g/mol. The molecule has 2 aliphatic rings. The smallest absolute Gasteiger partial charge is 0.132 e. The van der Waals surface area contributed by atoms with Gasteiger partial charge in [0.15, 0.2) is 0 Å². The Balaban J connectivity index is 1.61.